The molecule has 0 radical (unpaired) electrons. The molecular formula is C14H20Cl2N2O. The summed E-state index contributed by atoms with van der Waals surface area (Å²) < 4.78 is 5.73. The molecule has 0 saturated carbocycles. The largest absolute Gasteiger partial charge is 0.489 e. The van der Waals surface area contributed by atoms with Gasteiger partial charge in [0.1, 0.15) is 6.61 Å². The van der Waals surface area contributed by atoms with E-state index in [1.807, 2.05) is 13.1 Å². The van der Waals surface area contributed by atoms with E-state index in [0.29, 0.717) is 28.4 Å². The highest BCUT2D eigenvalue weighted by atomic mass is 35.5. The smallest absolute Gasteiger partial charge is 0.156 e. The standard InChI is InChI=1S/C14H20Cl2N2O/c1-17-10-11-4-3-7-18(11)8-9-19-14-12(15)5-2-6-13(14)16/h2,5-6,11,17H,3-4,7-10H2,1H3. The van der Waals surface area contributed by atoms with Crippen LogP contribution in [-0.4, -0.2) is 44.2 Å². The summed E-state index contributed by atoms with van der Waals surface area (Å²) in [7, 11) is 2.00. The zero-order valence-corrected chi connectivity index (χ0v) is 12.7. The molecule has 0 amide bonds. The molecule has 0 aromatic heterocycles. The van der Waals surface area contributed by atoms with Gasteiger partial charge < -0.3 is 10.1 Å². The zero-order chi connectivity index (χ0) is 13.7. The number of likely N-dealkylation sites (N-methyl/N-ethyl adjacent to an activating group) is 1. The van der Waals surface area contributed by atoms with E-state index in [2.05, 4.69) is 10.2 Å². The molecule has 1 fully saturated rings. The van der Waals surface area contributed by atoms with Crippen LogP contribution in [0.1, 0.15) is 12.8 Å². The molecule has 1 saturated heterocycles. The van der Waals surface area contributed by atoms with Crippen LogP contribution >= 0.6 is 23.2 Å². The number of nitrogens with zero attached hydrogens (tertiary/aromatic N) is 1. The Kier molecular flexibility index (Phi) is 5.76. The Bertz CT molecular complexity index is 394. The van der Waals surface area contributed by atoms with E-state index in [9.17, 15) is 0 Å². The highest BCUT2D eigenvalue weighted by Crippen LogP contribution is 2.32. The number of para-hydroxylation sites is 1. The van der Waals surface area contributed by atoms with E-state index < -0.39 is 0 Å². The molecule has 0 spiro atoms. The Balaban J connectivity index is 1.83. The zero-order valence-electron chi connectivity index (χ0n) is 11.2. The van der Waals surface area contributed by atoms with Crippen molar-refractivity contribution in [1.82, 2.24) is 10.2 Å². The summed E-state index contributed by atoms with van der Waals surface area (Å²) in [5, 5.41) is 4.38. The minimum Gasteiger partial charge on any atom is -0.489 e. The third-order valence-electron chi connectivity index (χ3n) is 3.48. The van der Waals surface area contributed by atoms with Gasteiger partial charge in [0, 0.05) is 19.1 Å². The fraction of sp³-hybridized carbons (Fsp3) is 0.571. The molecule has 106 valence electrons. The maximum atomic E-state index is 6.07. The molecule has 1 unspecified atom stereocenters. The van der Waals surface area contributed by atoms with Gasteiger partial charge in [0.05, 0.1) is 10.0 Å². The molecule has 0 aliphatic carbocycles. The summed E-state index contributed by atoms with van der Waals surface area (Å²) in [6.45, 7) is 3.70. The Hall–Kier alpha value is -0.480. The Labute approximate surface area is 124 Å². The van der Waals surface area contributed by atoms with Gasteiger partial charge in [-0.2, -0.15) is 0 Å². The second kappa shape index (κ2) is 7.34. The predicted molar refractivity (Wildman–Crippen MR) is 80.5 cm³/mol. The minimum atomic E-state index is 0.570. The number of rotatable bonds is 6. The first-order chi connectivity index (χ1) is 9.22. The van der Waals surface area contributed by atoms with Crippen molar-refractivity contribution in [3.05, 3.63) is 28.2 Å². The summed E-state index contributed by atoms with van der Waals surface area (Å²) >= 11 is 12.1. The van der Waals surface area contributed by atoms with Gasteiger partial charge in [-0.1, -0.05) is 29.3 Å². The van der Waals surface area contributed by atoms with Crippen LogP contribution in [0.5, 0.6) is 5.75 Å². The van der Waals surface area contributed by atoms with Crippen LogP contribution in [0.25, 0.3) is 0 Å². The van der Waals surface area contributed by atoms with Gasteiger partial charge in [0.15, 0.2) is 5.75 Å². The molecule has 1 N–H and O–H groups in total. The third-order valence-corrected chi connectivity index (χ3v) is 4.08. The van der Waals surface area contributed by atoms with Crippen molar-refractivity contribution in [3.8, 4) is 5.75 Å². The van der Waals surface area contributed by atoms with Crippen LogP contribution < -0.4 is 10.1 Å². The summed E-state index contributed by atoms with van der Waals surface area (Å²) in [6, 6.07) is 6.03. The Morgan fingerprint density at radius 1 is 1.37 bits per heavy atom. The number of benzene rings is 1. The number of likely N-dealkylation sites (tertiary alicyclic amines) is 1. The summed E-state index contributed by atoms with van der Waals surface area (Å²) in [4.78, 5) is 2.46. The molecule has 1 aromatic rings. The van der Waals surface area contributed by atoms with E-state index in [1.165, 1.54) is 12.8 Å². The molecule has 1 aliphatic heterocycles. The monoisotopic (exact) mass is 302 g/mol. The highest BCUT2D eigenvalue weighted by molar-refractivity contribution is 6.37. The lowest BCUT2D eigenvalue weighted by Crippen LogP contribution is -2.39. The molecule has 1 atom stereocenters. The van der Waals surface area contributed by atoms with Crippen molar-refractivity contribution in [2.24, 2.45) is 0 Å². The molecular weight excluding hydrogens is 283 g/mol. The third kappa shape index (κ3) is 3.99. The number of ether oxygens (including phenoxy) is 1. The molecule has 5 heteroatoms. The first-order valence-electron chi connectivity index (χ1n) is 6.68. The Morgan fingerprint density at radius 3 is 2.79 bits per heavy atom. The quantitative estimate of drug-likeness (QED) is 0.874. The number of hydrogen-bond donors (Lipinski definition) is 1. The van der Waals surface area contributed by atoms with E-state index in [-0.39, 0.29) is 0 Å². The number of hydrogen-bond acceptors (Lipinski definition) is 3. The predicted octanol–water partition coefficient (Wildman–Crippen LogP) is 3.06. The van der Waals surface area contributed by atoms with Crippen molar-refractivity contribution >= 4 is 23.2 Å². The molecule has 0 bridgehead atoms. The van der Waals surface area contributed by atoms with Crippen molar-refractivity contribution in [3.63, 3.8) is 0 Å². The van der Waals surface area contributed by atoms with Gasteiger partial charge in [-0.15, -0.1) is 0 Å². The second-order valence-electron chi connectivity index (χ2n) is 4.79. The average molecular weight is 303 g/mol. The normalized spacial score (nSPS) is 19.8. The van der Waals surface area contributed by atoms with Gasteiger partial charge >= 0.3 is 0 Å². The highest BCUT2D eigenvalue weighted by Gasteiger charge is 2.23. The van der Waals surface area contributed by atoms with Crippen molar-refractivity contribution in [2.45, 2.75) is 18.9 Å². The maximum Gasteiger partial charge on any atom is 0.156 e. The van der Waals surface area contributed by atoms with Gasteiger partial charge in [-0.25, -0.2) is 0 Å². The summed E-state index contributed by atoms with van der Waals surface area (Å²) in [5.41, 5.74) is 0. The molecule has 1 aromatic carbocycles. The van der Waals surface area contributed by atoms with Crippen molar-refractivity contribution in [2.75, 3.05) is 33.3 Å². The van der Waals surface area contributed by atoms with Crippen molar-refractivity contribution < 1.29 is 4.74 Å². The lowest BCUT2D eigenvalue weighted by molar-refractivity contribution is 0.195. The minimum absolute atomic E-state index is 0.570. The average Bonchev–Trinajstić information content (AvgIpc) is 2.81. The van der Waals surface area contributed by atoms with Crippen LogP contribution in [0.3, 0.4) is 0 Å². The van der Waals surface area contributed by atoms with Crippen LogP contribution in [0, 0.1) is 0 Å². The van der Waals surface area contributed by atoms with Gasteiger partial charge in [-0.05, 0) is 38.6 Å². The van der Waals surface area contributed by atoms with E-state index in [1.54, 1.807) is 12.1 Å². The van der Waals surface area contributed by atoms with Gasteiger partial charge in [0.2, 0.25) is 0 Å². The second-order valence-corrected chi connectivity index (χ2v) is 5.60. The molecule has 3 nitrogen and oxygen atoms in total. The van der Waals surface area contributed by atoms with Crippen LogP contribution in [0.15, 0.2) is 18.2 Å². The number of nitrogens with one attached hydrogen (secondary N) is 1. The van der Waals surface area contributed by atoms with E-state index in [4.69, 9.17) is 27.9 Å². The summed E-state index contributed by atoms with van der Waals surface area (Å²) in [5.74, 6) is 0.593. The van der Waals surface area contributed by atoms with E-state index >= 15 is 0 Å². The SMILES string of the molecule is CNCC1CCCN1CCOc1c(Cl)cccc1Cl. The number of halogens is 2. The van der Waals surface area contributed by atoms with Crippen LogP contribution in [0.2, 0.25) is 10.0 Å². The lowest BCUT2D eigenvalue weighted by atomic mass is 10.2. The van der Waals surface area contributed by atoms with Crippen LogP contribution in [0.4, 0.5) is 0 Å². The Morgan fingerprint density at radius 2 is 2.11 bits per heavy atom. The van der Waals surface area contributed by atoms with Gasteiger partial charge in [0.25, 0.3) is 0 Å². The lowest BCUT2D eigenvalue weighted by Gasteiger charge is -2.24. The maximum absolute atomic E-state index is 6.07. The van der Waals surface area contributed by atoms with Crippen LogP contribution in [-0.2, 0) is 0 Å². The van der Waals surface area contributed by atoms with Crippen molar-refractivity contribution in [1.29, 1.82) is 0 Å². The fourth-order valence-electron chi connectivity index (χ4n) is 2.54. The topological polar surface area (TPSA) is 24.5 Å². The first-order valence-corrected chi connectivity index (χ1v) is 7.43. The first kappa shape index (κ1) is 14.9. The fourth-order valence-corrected chi connectivity index (χ4v) is 3.05. The molecule has 1 aliphatic rings. The molecule has 1 heterocycles. The van der Waals surface area contributed by atoms with Gasteiger partial charge in [-0.3, -0.25) is 4.90 Å². The summed E-state index contributed by atoms with van der Waals surface area (Å²) in [6.07, 6.45) is 2.52. The van der Waals surface area contributed by atoms with E-state index in [0.717, 1.165) is 19.6 Å². The molecule has 19 heavy (non-hydrogen) atoms. The molecule has 2 rings (SSSR count).